The molecule has 3 aliphatic rings. The van der Waals surface area contributed by atoms with Crippen LogP contribution in [0.2, 0.25) is 0 Å². The second-order valence-corrected chi connectivity index (χ2v) is 7.56. The summed E-state index contributed by atoms with van der Waals surface area (Å²) in [4.78, 5) is 25.9. The van der Waals surface area contributed by atoms with Crippen molar-refractivity contribution in [3.8, 4) is 0 Å². The Bertz CT molecular complexity index is 632. The molecule has 1 N–H and O–H groups in total. The van der Waals surface area contributed by atoms with Crippen LogP contribution in [0.15, 0.2) is 12.3 Å². The summed E-state index contributed by atoms with van der Waals surface area (Å²) in [7, 11) is 0. The first-order valence-electron chi connectivity index (χ1n) is 10.0. The Morgan fingerprint density at radius 3 is 2.70 bits per heavy atom. The molecule has 0 aliphatic carbocycles. The number of aromatic nitrogens is 2. The van der Waals surface area contributed by atoms with Crippen molar-refractivity contribution in [1.29, 1.82) is 0 Å². The van der Waals surface area contributed by atoms with Crippen molar-refractivity contribution < 1.29 is 14.3 Å². The van der Waals surface area contributed by atoms with Crippen molar-refractivity contribution in [2.45, 2.75) is 31.2 Å². The highest BCUT2D eigenvalue weighted by atomic mass is 16.5. The van der Waals surface area contributed by atoms with Gasteiger partial charge in [-0.3, -0.25) is 9.69 Å². The molecule has 3 fully saturated rings. The number of carbonyl (C=O) groups is 1. The van der Waals surface area contributed by atoms with E-state index in [1.54, 1.807) is 0 Å². The van der Waals surface area contributed by atoms with Gasteiger partial charge in [-0.05, 0) is 25.3 Å². The van der Waals surface area contributed by atoms with Gasteiger partial charge in [0.15, 0.2) is 0 Å². The Labute approximate surface area is 160 Å². The molecule has 0 aromatic carbocycles. The number of rotatable bonds is 5. The number of nitrogens with zero attached hydrogens (tertiary/aromatic N) is 4. The third-order valence-corrected chi connectivity index (χ3v) is 5.61. The van der Waals surface area contributed by atoms with E-state index in [4.69, 9.17) is 14.5 Å². The predicted molar refractivity (Wildman–Crippen MR) is 101 cm³/mol. The fourth-order valence-electron chi connectivity index (χ4n) is 4.03. The Morgan fingerprint density at radius 2 is 1.89 bits per heavy atom. The zero-order valence-corrected chi connectivity index (χ0v) is 15.8. The van der Waals surface area contributed by atoms with Crippen LogP contribution < -0.4 is 10.2 Å². The van der Waals surface area contributed by atoms with Crippen molar-refractivity contribution in [2.75, 3.05) is 64.1 Å². The number of nitrogens with one attached hydrogen (secondary N) is 1. The molecule has 8 nitrogen and oxygen atoms in total. The molecule has 4 heterocycles. The molecule has 27 heavy (non-hydrogen) atoms. The Kier molecular flexibility index (Phi) is 6.16. The van der Waals surface area contributed by atoms with Gasteiger partial charge in [0.25, 0.3) is 0 Å². The van der Waals surface area contributed by atoms with E-state index in [-0.39, 0.29) is 11.9 Å². The maximum Gasteiger partial charge on any atom is 0.234 e. The highest BCUT2D eigenvalue weighted by molar-refractivity contribution is 5.78. The molecule has 8 heteroatoms. The lowest BCUT2D eigenvalue weighted by Gasteiger charge is -2.26. The SMILES string of the molecule is O=C(CN1CCOCC1)NC1CCN(c2nccc(C3CCOCC3)n2)C1. The van der Waals surface area contributed by atoms with E-state index >= 15 is 0 Å². The minimum absolute atomic E-state index is 0.0978. The van der Waals surface area contributed by atoms with Crippen LogP contribution in [0.1, 0.15) is 30.9 Å². The van der Waals surface area contributed by atoms with Crippen LogP contribution in [0.4, 0.5) is 5.95 Å². The summed E-state index contributed by atoms with van der Waals surface area (Å²) in [5.41, 5.74) is 1.11. The molecule has 1 aromatic rings. The first kappa shape index (κ1) is 18.6. The Hall–Kier alpha value is -1.77. The molecule has 3 saturated heterocycles. The second-order valence-electron chi connectivity index (χ2n) is 7.56. The number of morpholine rings is 1. The van der Waals surface area contributed by atoms with Gasteiger partial charge in [0.1, 0.15) is 0 Å². The van der Waals surface area contributed by atoms with Crippen molar-refractivity contribution in [1.82, 2.24) is 20.2 Å². The second kappa shape index (κ2) is 8.95. The highest BCUT2D eigenvalue weighted by Gasteiger charge is 2.27. The molecule has 1 aromatic heterocycles. The van der Waals surface area contributed by atoms with Crippen LogP contribution in [0.25, 0.3) is 0 Å². The first-order valence-corrected chi connectivity index (χ1v) is 10.0. The summed E-state index contributed by atoms with van der Waals surface area (Å²) >= 11 is 0. The molecule has 4 rings (SSSR count). The smallest absolute Gasteiger partial charge is 0.234 e. The Balaban J connectivity index is 1.29. The van der Waals surface area contributed by atoms with Gasteiger partial charge in [-0.25, -0.2) is 9.97 Å². The van der Waals surface area contributed by atoms with Crippen LogP contribution in [0.5, 0.6) is 0 Å². The predicted octanol–water partition coefficient (Wildman–Crippen LogP) is 0.398. The molecule has 0 radical (unpaired) electrons. The molecule has 1 amide bonds. The fourth-order valence-corrected chi connectivity index (χ4v) is 4.03. The highest BCUT2D eigenvalue weighted by Crippen LogP contribution is 2.26. The summed E-state index contributed by atoms with van der Waals surface area (Å²) in [5.74, 6) is 1.34. The summed E-state index contributed by atoms with van der Waals surface area (Å²) in [6, 6.07) is 2.19. The van der Waals surface area contributed by atoms with E-state index < -0.39 is 0 Å². The topological polar surface area (TPSA) is 79.8 Å². The van der Waals surface area contributed by atoms with Gasteiger partial charge >= 0.3 is 0 Å². The summed E-state index contributed by atoms with van der Waals surface area (Å²) in [6.07, 6.45) is 4.84. The van der Waals surface area contributed by atoms with E-state index in [0.717, 1.165) is 70.3 Å². The van der Waals surface area contributed by atoms with Crippen molar-refractivity contribution >= 4 is 11.9 Å². The maximum atomic E-state index is 12.3. The zero-order valence-electron chi connectivity index (χ0n) is 15.8. The van der Waals surface area contributed by atoms with Gasteiger partial charge in [0.05, 0.1) is 19.8 Å². The summed E-state index contributed by atoms with van der Waals surface area (Å²) in [5, 5.41) is 3.17. The van der Waals surface area contributed by atoms with Gasteiger partial charge < -0.3 is 19.7 Å². The van der Waals surface area contributed by atoms with Crippen molar-refractivity contribution in [3.63, 3.8) is 0 Å². The maximum absolute atomic E-state index is 12.3. The summed E-state index contributed by atoms with van der Waals surface area (Å²) in [6.45, 7) is 6.81. The van der Waals surface area contributed by atoms with E-state index in [2.05, 4.69) is 20.1 Å². The van der Waals surface area contributed by atoms with E-state index in [1.807, 2.05) is 12.3 Å². The van der Waals surface area contributed by atoms with Gasteiger partial charge in [0.2, 0.25) is 11.9 Å². The minimum atomic E-state index is 0.0978. The lowest BCUT2D eigenvalue weighted by molar-refractivity contribution is -0.123. The average molecular weight is 375 g/mol. The first-order chi connectivity index (χ1) is 13.3. The molecular formula is C19H29N5O3. The number of ether oxygens (including phenoxy) is 2. The third-order valence-electron chi connectivity index (χ3n) is 5.61. The average Bonchev–Trinajstić information content (AvgIpc) is 3.18. The molecule has 3 aliphatic heterocycles. The standard InChI is InChI=1S/C19H29N5O3/c25-18(14-23-7-11-27-12-8-23)21-16-2-6-24(13-16)19-20-5-1-17(22-19)15-3-9-26-10-4-15/h1,5,15-16H,2-4,6-14H2,(H,21,25). The van der Waals surface area contributed by atoms with Crippen molar-refractivity contribution in [3.05, 3.63) is 18.0 Å². The van der Waals surface area contributed by atoms with Gasteiger partial charge in [0, 0.05) is 63.2 Å². The molecule has 0 spiro atoms. The monoisotopic (exact) mass is 375 g/mol. The molecule has 1 unspecified atom stereocenters. The molecular weight excluding hydrogens is 346 g/mol. The van der Waals surface area contributed by atoms with Crippen LogP contribution >= 0.6 is 0 Å². The van der Waals surface area contributed by atoms with E-state index in [0.29, 0.717) is 25.7 Å². The number of hydrogen-bond donors (Lipinski definition) is 1. The van der Waals surface area contributed by atoms with Crippen LogP contribution in [0.3, 0.4) is 0 Å². The van der Waals surface area contributed by atoms with Gasteiger partial charge in [-0.1, -0.05) is 0 Å². The lowest BCUT2D eigenvalue weighted by Crippen LogP contribution is -2.46. The largest absolute Gasteiger partial charge is 0.381 e. The quantitative estimate of drug-likeness (QED) is 0.798. The van der Waals surface area contributed by atoms with Gasteiger partial charge in [-0.2, -0.15) is 0 Å². The molecule has 0 bridgehead atoms. The number of hydrogen-bond acceptors (Lipinski definition) is 7. The molecule has 1 atom stereocenters. The van der Waals surface area contributed by atoms with Crippen molar-refractivity contribution in [2.24, 2.45) is 0 Å². The normalized spacial score (nSPS) is 24.9. The summed E-state index contributed by atoms with van der Waals surface area (Å²) < 4.78 is 10.8. The van der Waals surface area contributed by atoms with Gasteiger partial charge in [-0.15, -0.1) is 0 Å². The van der Waals surface area contributed by atoms with E-state index in [1.165, 1.54) is 0 Å². The minimum Gasteiger partial charge on any atom is -0.381 e. The third kappa shape index (κ3) is 4.94. The number of anilines is 1. The molecule has 148 valence electrons. The zero-order chi connectivity index (χ0) is 18.5. The van der Waals surface area contributed by atoms with Crippen LogP contribution in [0, 0.1) is 0 Å². The van der Waals surface area contributed by atoms with Crippen LogP contribution in [-0.2, 0) is 14.3 Å². The van der Waals surface area contributed by atoms with Crippen LogP contribution in [-0.4, -0.2) is 86.0 Å². The number of amides is 1. The van der Waals surface area contributed by atoms with E-state index in [9.17, 15) is 4.79 Å². The molecule has 0 saturated carbocycles. The number of carbonyl (C=O) groups excluding carboxylic acids is 1. The fraction of sp³-hybridized carbons (Fsp3) is 0.737. The Morgan fingerprint density at radius 1 is 1.11 bits per heavy atom. The lowest BCUT2D eigenvalue weighted by atomic mass is 9.96.